The molecule has 0 amide bonds. The molecule has 0 aliphatic heterocycles. The fraction of sp³-hybridized carbons (Fsp3) is 0.923. The number of aliphatic hydroxyl groups is 1. The number of hydrogen-bond donors (Lipinski definition) is 1. The van der Waals surface area contributed by atoms with Crippen LogP contribution in [0, 0.1) is 11.3 Å². The molecule has 0 spiro atoms. The number of carbonyl (C=O) groups excluding carboxylic acids is 1. The molecule has 94 valence electrons. The first-order valence-electron chi connectivity index (χ1n) is 6.21. The van der Waals surface area contributed by atoms with Crippen molar-refractivity contribution in [3.63, 3.8) is 0 Å². The van der Waals surface area contributed by atoms with Gasteiger partial charge in [0.05, 0.1) is 0 Å². The van der Waals surface area contributed by atoms with Crippen molar-refractivity contribution in [2.45, 2.75) is 65.6 Å². The molecule has 0 aromatic heterocycles. The van der Waals surface area contributed by atoms with Crippen LogP contribution in [0.15, 0.2) is 0 Å². The molecule has 3 nitrogen and oxygen atoms in total. The predicted octanol–water partition coefficient (Wildman–Crippen LogP) is 2.86. The van der Waals surface area contributed by atoms with E-state index in [1.54, 1.807) is 6.92 Å². The van der Waals surface area contributed by atoms with Crippen molar-refractivity contribution in [1.82, 2.24) is 0 Å². The fourth-order valence-corrected chi connectivity index (χ4v) is 2.33. The van der Waals surface area contributed by atoms with Crippen molar-refractivity contribution in [1.29, 1.82) is 0 Å². The second-order valence-electron chi connectivity index (χ2n) is 5.93. The second kappa shape index (κ2) is 4.74. The third-order valence-corrected chi connectivity index (χ3v) is 3.50. The summed E-state index contributed by atoms with van der Waals surface area (Å²) < 4.78 is 5.17. The van der Waals surface area contributed by atoms with Gasteiger partial charge in [-0.2, -0.15) is 0 Å². The maximum absolute atomic E-state index is 11.3. The lowest BCUT2D eigenvalue weighted by molar-refractivity contribution is -0.230. The molecule has 2 atom stereocenters. The molecule has 1 fully saturated rings. The van der Waals surface area contributed by atoms with Crippen molar-refractivity contribution in [2.24, 2.45) is 11.3 Å². The molecule has 1 N–H and O–H groups in total. The second-order valence-corrected chi connectivity index (χ2v) is 5.93. The average Bonchev–Trinajstić information content (AvgIpc) is 2.15. The highest BCUT2D eigenvalue weighted by molar-refractivity contribution is 5.69. The topological polar surface area (TPSA) is 46.5 Å². The van der Waals surface area contributed by atoms with Crippen LogP contribution < -0.4 is 0 Å². The Morgan fingerprint density at radius 2 is 2.12 bits per heavy atom. The van der Waals surface area contributed by atoms with Gasteiger partial charge in [-0.1, -0.05) is 27.7 Å². The van der Waals surface area contributed by atoms with Gasteiger partial charge < -0.3 is 9.84 Å². The molecule has 2 unspecified atom stereocenters. The van der Waals surface area contributed by atoms with E-state index in [4.69, 9.17) is 4.74 Å². The lowest BCUT2D eigenvalue weighted by Gasteiger charge is -2.41. The Bertz CT molecular complexity index is 254. The van der Waals surface area contributed by atoms with Gasteiger partial charge >= 0.3 is 5.97 Å². The average molecular weight is 228 g/mol. The van der Waals surface area contributed by atoms with Gasteiger partial charge in [0.25, 0.3) is 0 Å². The van der Waals surface area contributed by atoms with Crippen molar-refractivity contribution in [3.8, 4) is 0 Å². The maximum Gasteiger partial charge on any atom is 0.308 e. The third-order valence-electron chi connectivity index (χ3n) is 3.50. The van der Waals surface area contributed by atoms with Crippen molar-refractivity contribution in [3.05, 3.63) is 0 Å². The molecule has 0 aromatic rings. The lowest BCUT2D eigenvalue weighted by atomic mass is 9.70. The summed E-state index contributed by atoms with van der Waals surface area (Å²) in [6.07, 6.45) is 3.50. The van der Waals surface area contributed by atoms with E-state index in [9.17, 15) is 9.90 Å². The number of rotatable bonds is 2. The normalized spacial score (nSPS) is 31.2. The quantitative estimate of drug-likeness (QED) is 0.584. The first-order chi connectivity index (χ1) is 7.27. The summed E-state index contributed by atoms with van der Waals surface area (Å²) in [6, 6.07) is 0. The molecule has 1 aliphatic rings. The molecule has 3 heteroatoms. The summed E-state index contributed by atoms with van der Waals surface area (Å²) in [4.78, 5) is 11.3. The maximum atomic E-state index is 11.3. The van der Waals surface area contributed by atoms with Gasteiger partial charge in [0.15, 0.2) is 0 Å². The van der Waals surface area contributed by atoms with E-state index >= 15 is 0 Å². The van der Waals surface area contributed by atoms with Crippen molar-refractivity contribution < 1.29 is 14.6 Å². The number of ether oxygens (including phenoxy) is 1. The predicted molar refractivity (Wildman–Crippen MR) is 62.7 cm³/mol. The third kappa shape index (κ3) is 3.48. The Balaban J connectivity index is 2.64. The van der Waals surface area contributed by atoms with E-state index in [-0.39, 0.29) is 11.4 Å². The molecule has 0 radical (unpaired) electrons. The summed E-state index contributed by atoms with van der Waals surface area (Å²) in [7, 11) is 0. The minimum Gasteiger partial charge on any atom is -0.433 e. The SMILES string of the molecule is CCC(=O)OC1(O)CCCC(C(C)(C)C)C1. The van der Waals surface area contributed by atoms with Crippen LogP contribution in [-0.4, -0.2) is 16.9 Å². The van der Waals surface area contributed by atoms with Crippen LogP contribution in [0.5, 0.6) is 0 Å². The largest absolute Gasteiger partial charge is 0.433 e. The van der Waals surface area contributed by atoms with Gasteiger partial charge in [-0.05, 0) is 24.2 Å². The van der Waals surface area contributed by atoms with E-state index in [0.29, 0.717) is 25.2 Å². The highest BCUT2D eigenvalue weighted by atomic mass is 16.7. The zero-order valence-corrected chi connectivity index (χ0v) is 10.9. The van der Waals surface area contributed by atoms with Crippen LogP contribution >= 0.6 is 0 Å². The molecule has 1 aliphatic carbocycles. The summed E-state index contributed by atoms with van der Waals surface area (Å²) in [5.74, 6) is -1.11. The first-order valence-corrected chi connectivity index (χ1v) is 6.21. The summed E-state index contributed by atoms with van der Waals surface area (Å²) in [5.41, 5.74) is 0.160. The molecular formula is C13H24O3. The van der Waals surface area contributed by atoms with Crippen LogP contribution in [0.4, 0.5) is 0 Å². The Kier molecular flexibility index (Phi) is 4.00. The van der Waals surface area contributed by atoms with Crippen molar-refractivity contribution >= 4 is 5.97 Å². The zero-order chi connectivity index (χ0) is 12.4. The minimum absolute atomic E-state index is 0.160. The molecule has 1 saturated carbocycles. The van der Waals surface area contributed by atoms with Crippen LogP contribution in [0.25, 0.3) is 0 Å². The number of esters is 1. The number of hydrogen-bond acceptors (Lipinski definition) is 3. The minimum atomic E-state index is -1.22. The smallest absolute Gasteiger partial charge is 0.308 e. The van der Waals surface area contributed by atoms with Crippen LogP contribution in [0.3, 0.4) is 0 Å². The van der Waals surface area contributed by atoms with Gasteiger partial charge in [0, 0.05) is 19.3 Å². The van der Waals surface area contributed by atoms with Gasteiger partial charge in [-0.3, -0.25) is 4.79 Å². The van der Waals surface area contributed by atoms with Crippen LogP contribution in [0.2, 0.25) is 0 Å². The van der Waals surface area contributed by atoms with Crippen LogP contribution in [0.1, 0.15) is 59.8 Å². The Morgan fingerprint density at radius 3 is 2.62 bits per heavy atom. The lowest BCUT2D eigenvalue weighted by Crippen LogP contribution is -2.42. The molecule has 1 rings (SSSR count). The van der Waals surface area contributed by atoms with E-state index in [1.165, 1.54) is 0 Å². The molecule has 0 bridgehead atoms. The van der Waals surface area contributed by atoms with Crippen LogP contribution in [-0.2, 0) is 9.53 Å². The highest BCUT2D eigenvalue weighted by Gasteiger charge is 2.41. The molecular weight excluding hydrogens is 204 g/mol. The highest BCUT2D eigenvalue weighted by Crippen LogP contribution is 2.42. The first kappa shape index (κ1) is 13.5. The van der Waals surface area contributed by atoms with Crippen molar-refractivity contribution in [2.75, 3.05) is 0 Å². The summed E-state index contributed by atoms with van der Waals surface area (Å²) in [5, 5.41) is 10.3. The summed E-state index contributed by atoms with van der Waals surface area (Å²) >= 11 is 0. The number of carbonyl (C=O) groups is 1. The van der Waals surface area contributed by atoms with Gasteiger partial charge in [0.1, 0.15) is 0 Å². The Hall–Kier alpha value is -0.570. The summed E-state index contributed by atoms with van der Waals surface area (Å²) in [6.45, 7) is 8.26. The monoisotopic (exact) mass is 228 g/mol. The molecule has 0 heterocycles. The molecule has 0 saturated heterocycles. The molecule has 16 heavy (non-hydrogen) atoms. The van der Waals surface area contributed by atoms with Gasteiger partial charge in [-0.25, -0.2) is 0 Å². The van der Waals surface area contributed by atoms with E-state index < -0.39 is 5.79 Å². The standard InChI is InChI=1S/C13H24O3/c1-5-11(14)16-13(15)8-6-7-10(9-13)12(2,3)4/h10,15H,5-9H2,1-4H3. The fourth-order valence-electron chi connectivity index (χ4n) is 2.33. The Labute approximate surface area is 98.2 Å². The van der Waals surface area contributed by atoms with E-state index in [0.717, 1.165) is 12.8 Å². The molecule has 0 aromatic carbocycles. The zero-order valence-electron chi connectivity index (χ0n) is 10.9. The van der Waals surface area contributed by atoms with Gasteiger partial charge in [-0.15, -0.1) is 0 Å². The Morgan fingerprint density at radius 1 is 1.50 bits per heavy atom. The van der Waals surface area contributed by atoms with E-state index in [1.807, 2.05) is 0 Å². The van der Waals surface area contributed by atoms with E-state index in [2.05, 4.69) is 20.8 Å². The van der Waals surface area contributed by atoms with Gasteiger partial charge in [0.2, 0.25) is 5.79 Å².